The van der Waals surface area contributed by atoms with Crippen LogP contribution in [0.5, 0.6) is 0 Å². The smallest absolute Gasteiger partial charge is 0.234 e. The van der Waals surface area contributed by atoms with Crippen molar-refractivity contribution in [3.8, 4) is 11.4 Å². The number of thioether (sulfide) groups is 1. The summed E-state index contributed by atoms with van der Waals surface area (Å²) in [5.41, 5.74) is 4.58. The van der Waals surface area contributed by atoms with Crippen molar-refractivity contribution in [1.82, 2.24) is 14.8 Å². The summed E-state index contributed by atoms with van der Waals surface area (Å²) in [7, 11) is 0. The molecule has 1 aliphatic rings. The molecule has 1 amide bonds. The number of benzene rings is 2. The van der Waals surface area contributed by atoms with Gasteiger partial charge in [-0.15, -0.1) is 10.2 Å². The number of nitrogens with one attached hydrogen (secondary N) is 1. The molecule has 0 aliphatic heterocycles. The lowest BCUT2D eigenvalue weighted by Crippen LogP contribution is -2.15. The number of aromatic nitrogens is 3. The van der Waals surface area contributed by atoms with Gasteiger partial charge in [0, 0.05) is 12.1 Å². The number of amides is 1. The van der Waals surface area contributed by atoms with Crippen molar-refractivity contribution in [3.63, 3.8) is 0 Å². The van der Waals surface area contributed by atoms with Crippen LogP contribution in [-0.4, -0.2) is 26.4 Å². The average Bonchev–Trinajstić information content (AvgIpc) is 3.16. The fourth-order valence-corrected chi connectivity index (χ4v) is 4.63. The number of rotatable bonds is 6. The average molecular weight is 427 g/mol. The molecule has 3 aromatic rings. The van der Waals surface area contributed by atoms with E-state index in [4.69, 9.17) is 11.6 Å². The van der Waals surface area contributed by atoms with Gasteiger partial charge in [-0.25, -0.2) is 0 Å². The molecule has 0 unspecified atom stereocenters. The first-order valence-corrected chi connectivity index (χ1v) is 11.2. The third-order valence-electron chi connectivity index (χ3n) is 5.12. The molecule has 0 saturated heterocycles. The summed E-state index contributed by atoms with van der Waals surface area (Å²) in [6, 6.07) is 13.8. The SMILES string of the molecule is CCn1c(SCC(=O)Nc2ccccc2Cl)nnc1-c1ccc2c(c1)CCCC2. The van der Waals surface area contributed by atoms with Gasteiger partial charge in [0.15, 0.2) is 11.0 Å². The van der Waals surface area contributed by atoms with Gasteiger partial charge >= 0.3 is 0 Å². The summed E-state index contributed by atoms with van der Waals surface area (Å²) in [5.74, 6) is 0.979. The molecule has 0 saturated carbocycles. The van der Waals surface area contributed by atoms with E-state index in [1.165, 1.54) is 35.7 Å². The maximum Gasteiger partial charge on any atom is 0.234 e. The second-order valence-corrected chi connectivity index (χ2v) is 8.41. The molecule has 0 spiro atoms. The molecule has 2 aromatic carbocycles. The topological polar surface area (TPSA) is 59.8 Å². The molecule has 0 atom stereocenters. The van der Waals surface area contributed by atoms with Gasteiger partial charge in [-0.2, -0.15) is 0 Å². The fourth-order valence-electron chi connectivity index (χ4n) is 3.65. The monoisotopic (exact) mass is 426 g/mol. The summed E-state index contributed by atoms with van der Waals surface area (Å²) in [6.45, 7) is 2.81. The molecule has 4 rings (SSSR count). The van der Waals surface area contributed by atoms with Crippen LogP contribution in [0.4, 0.5) is 5.69 Å². The molecule has 1 aliphatic carbocycles. The highest BCUT2D eigenvalue weighted by Crippen LogP contribution is 2.29. The number of aryl methyl sites for hydroxylation is 2. The maximum atomic E-state index is 12.3. The first-order valence-electron chi connectivity index (χ1n) is 9.88. The van der Waals surface area contributed by atoms with E-state index in [1.54, 1.807) is 12.1 Å². The van der Waals surface area contributed by atoms with Gasteiger partial charge in [-0.05, 0) is 61.9 Å². The van der Waals surface area contributed by atoms with Gasteiger partial charge in [0.05, 0.1) is 16.5 Å². The summed E-state index contributed by atoms with van der Waals surface area (Å²) in [4.78, 5) is 12.3. The Labute approximate surface area is 179 Å². The second kappa shape index (κ2) is 9.01. The Kier molecular flexibility index (Phi) is 6.21. The Hall–Kier alpha value is -2.31. The molecule has 150 valence electrons. The van der Waals surface area contributed by atoms with Crippen LogP contribution in [0, 0.1) is 0 Å². The lowest BCUT2D eigenvalue weighted by atomic mass is 9.90. The largest absolute Gasteiger partial charge is 0.324 e. The van der Waals surface area contributed by atoms with E-state index in [-0.39, 0.29) is 11.7 Å². The van der Waals surface area contributed by atoms with Crippen molar-refractivity contribution in [1.29, 1.82) is 0 Å². The van der Waals surface area contributed by atoms with Gasteiger partial charge < -0.3 is 9.88 Å². The van der Waals surface area contributed by atoms with Crippen LogP contribution in [0.15, 0.2) is 47.6 Å². The Balaban J connectivity index is 1.48. The summed E-state index contributed by atoms with van der Waals surface area (Å²) in [5, 5.41) is 12.9. The summed E-state index contributed by atoms with van der Waals surface area (Å²) in [6.07, 6.45) is 4.82. The van der Waals surface area contributed by atoms with Crippen LogP contribution >= 0.6 is 23.4 Å². The van der Waals surface area contributed by atoms with E-state index in [2.05, 4.69) is 45.2 Å². The van der Waals surface area contributed by atoms with E-state index >= 15 is 0 Å². The van der Waals surface area contributed by atoms with Crippen molar-refractivity contribution in [2.45, 2.75) is 44.3 Å². The summed E-state index contributed by atoms with van der Waals surface area (Å²) >= 11 is 7.49. The highest BCUT2D eigenvalue weighted by Gasteiger charge is 2.17. The molecule has 1 aromatic heterocycles. The molecule has 1 heterocycles. The molecule has 5 nitrogen and oxygen atoms in total. The molecular weight excluding hydrogens is 404 g/mol. The number of carbonyl (C=O) groups excluding carboxylic acids is 1. The van der Waals surface area contributed by atoms with Gasteiger partial charge in [-0.3, -0.25) is 4.79 Å². The van der Waals surface area contributed by atoms with Gasteiger partial charge in [-0.1, -0.05) is 47.6 Å². The number of nitrogens with zero attached hydrogens (tertiary/aromatic N) is 3. The molecule has 1 N–H and O–H groups in total. The van der Waals surface area contributed by atoms with Crippen LogP contribution in [0.3, 0.4) is 0 Å². The fraction of sp³-hybridized carbons (Fsp3) is 0.318. The van der Waals surface area contributed by atoms with Crippen LogP contribution in [0.1, 0.15) is 30.9 Å². The standard InChI is InChI=1S/C22H23ClN4OS/c1-2-27-21(17-12-11-15-7-3-4-8-16(15)13-17)25-26-22(27)29-14-20(28)24-19-10-6-5-9-18(19)23/h5-6,9-13H,2-4,7-8,14H2,1H3,(H,24,28). The van der Waals surface area contributed by atoms with Crippen LogP contribution < -0.4 is 5.32 Å². The van der Waals surface area contributed by atoms with Crippen molar-refractivity contribution in [2.24, 2.45) is 0 Å². The normalized spacial score (nSPS) is 13.2. The number of para-hydroxylation sites is 1. The molecular formula is C22H23ClN4OS. The third-order valence-corrected chi connectivity index (χ3v) is 6.42. The van der Waals surface area contributed by atoms with E-state index < -0.39 is 0 Å². The van der Waals surface area contributed by atoms with E-state index in [9.17, 15) is 4.79 Å². The molecule has 0 bridgehead atoms. The second-order valence-electron chi connectivity index (χ2n) is 7.06. The predicted molar refractivity (Wildman–Crippen MR) is 119 cm³/mol. The zero-order valence-corrected chi connectivity index (χ0v) is 17.9. The van der Waals surface area contributed by atoms with Crippen LogP contribution in [-0.2, 0) is 24.2 Å². The van der Waals surface area contributed by atoms with Gasteiger partial charge in [0.2, 0.25) is 5.91 Å². The Morgan fingerprint density at radius 1 is 1.14 bits per heavy atom. The number of carbonyl (C=O) groups is 1. The first kappa shape index (κ1) is 20.0. The minimum absolute atomic E-state index is 0.121. The van der Waals surface area contributed by atoms with Crippen molar-refractivity contribution in [3.05, 3.63) is 58.6 Å². The molecule has 29 heavy (non-hydrogen) atoms. The van der Waals surface area contributed by atoms with Crippen molar-refractivity contribution >= 4 is 35.0 Å². The van der Waals surface area contributed by atoms with E-state index in [0.717, 1.165) is 35.9 Å². The van der Waals surface area contributed by atoms with E-state index in [0.29, 0.717) is 10.7 Å². The Morgan fingerprint density at radius 2 is 1.93 bits per heavy atom. The first-order chi connectivity index (χ1) is 14.2. The lowest BCUT2D eigenvalue weighted by Gasteiger charge is -2.16. The Morgan fingerprint density at radius 3 is 2.72 bits per heavy atom. The molecule has 7 heteroatoms. The van der Waals surface area contributed by atoms with Gasteiger partial charge in [0.25, 0.3) is 0 Å². The number of anilines is 1. The highest BCUT2D eigenvalue weighted by molar-refractivity contribution is 7.99. The number of hydrogen-bond donors (Lipinski definition) is 1. The minimum Gasteiger partial charge on any atom is -0.324 e. The van der Waals surface area contributed by atoms with Gasteiger partial charge in [0.1, 0.15) is 0 Å². The third kappa shape index (κ3) is 4.49. The van der Waals surface area contributed by atoms with Crippen molar-refractivity contribution < 1.29 is 4.79 Å². The maximum absolute atomic E-state index is 12.3. The van der Waals surface area contributed by atoms with Crippen LogP contribution in [0.25, 0.3) is 11.4 Å². The number of halogens is 1. The number of hydrogen-bond acceptors (Lipinski definition) is 4. The minimum atomic E-state index is -0.121. The highest BCUT2D eigenvalue weighted by atomic mass is 35.5. The quantitative estimate of drug-likeness (QED) is 0.548. The number of fused-ring (bicyclic) bond motifs is 1. The molecule has 0 fully saturated rings. The molecule has 0 radical (unpaired) electrons. The van der Waals surface area contributed by atoms with Crippen molar-refractivity contribution in [2.75, 3.05) is 11.1 Å². The van der Waals surface area contributed by atoms with Crippen LogP contribution in [0.2, 0.25) is 5.02 Å². The van der Waals surface area contributed by atoms with E-state index in [1.807, 2.05) is 12.1 Å². The summed E-state index contributed by atoms with van der Waals surface area (Å²) < 4.78 is 2.07. The lowest BCUT2D eigenvalue weighted by molar-refractivity contribution is -0.113. The predicted octanol–water partition coefficient (Wildman–Crippen LogP) is 5.23. The Bertz CT molecular complexity index is 1030. The zero-order chi connectivity index (χ0) is 20.2. The zero-order valence-electron chi connectivity index (χ0n) is 16.3.